The van der Waals surface area contributed by atoms with Gasteiger partial charge in [0, 0.05) is 18.8 Å². The lowest BCUT2D eigenvalue weighted by Crippen LogP contribution is -2.34. The highest BCUT2D eigenvalue weighted by Crippen LogP contribution is 2.30. The molecule has 1 aromatic carbocycles. The van der Waals surface area contributed by atoms with E-state index in [-0.39, 0.29) is 5.69 Å². The highest BCUT2D eigenvalue weighted by molar-refractivity contribution is 5.35. The second kappa shape index (κ2) is 7.96. The minimum Gasteiger partial charge on any atom is -0.497 e. The molecule has 4 rings (SSSR count). The number of fused-ring (bicyclic) bond motifs is 1. The maximum atomic E-state index is 12.5. The van der Waals surface area contributed by atoms with Crippen molar-refractivity contribution in [2.75, 3.05) is 20.2 Å². The Morgan fingerprint density at radius 2 is 1.93 bits per heavy atom. The smallest absolute Gasteiger partial charge is 0.350 e. The minimum atomic E-state index is -0.0681. The van der Waals surface area contributed by atoms with Crippen LogP contribution in [0.3, 0.4) is 0 Å². The number of likely N-dealkylation sites (tertiary alicyclic amines) is 1. The molecule has 0 bridgehead atoms. The van der Waals surface area contributed by atoms with Crippen LogP contribution in [0.2, 0.25) is 0 Å². The molecule has 0 N–H and O–H groups in total. The summed E-state index contributed by atoms with van der Waals surface area (Å²) in [7, 11) is 1.69. The van der Waals surface area contributed by atoms with Crippen molar-refractivity contribution in [1.82, 2.24) is 19.1 Å². The lowest BCUT2D eigenvalue weighted by molar-refractivity contribution is 0.190. The molecule has 0 aliphatic carbocycles. The SMILES string of the molecule is COc1ccc(C2CCCCCN2CCn2nc3ccccn3c2=O)cc1. The number of nitrogens with zero attached hydrogens (tertiary/aromatic N) is 4. The van der Waals surface area contributed by atoms with Crippen LogP contribution in [-0.4, -0.2) is 39.3 Å². The quantitative estimate of drug-likeness (QED) is 0.696. The number of benzene rings is 1. The minimum absolute atomic E-state index is 0.0681. The van der Waals surface area contributed by atoms with Gasteiger partial charge in [-0.15, -0.1) is 5.10 Å². The highest BCUT2D eigenvalue weighted by Gasteiger charge is 2.23. The van der Waals surface area contributed by atoms with Gasteiger partial charge in [0.25, 0.3) is 0 Å². The molecule has 6 heteroatoms. The number of pyridine rings is 1. The largest absolute Gasteiger partial charge is 0.497 e. The molecule has 1 aliphatic heterocycles. The molecule has 1 fully saturated rings. The van der Waals surface area contributed by atoms with Crippen LogP contribution in [0.5, 0.6) is 5.75 Å². The van der Waals surface area contributed by atoms with Gasteiger partial charge in [-0.3, -0.25) is 9.30 Å². The van der Waals surface area contributed by atoms with Crippen LogP contribution < -0.4 is 10.4 Å². The van der Waals surface area contributed by atoms with E-state index in [1.165, 1.54) is 24.8 Å². The van der Waals surface area contributed by atoms with E-state index >= 15 is 0 Å². The van der Waals surface area contributed by atoms with E-state index < -0.39 is 0 Å². The monoisotopic (exact) mass is 366 g/mol. The molecular weight excluding hydrogens is 340 g/mol. The molecule has 0 spiro atoms. The Bertz CT molecular complexity index is 945. The second-order valence-corrected chi connectivity index (χ2v) is 7.11. The van der Waals surface area contributed by atoms with Crippen molar-refractivity contribution in [3.05, 3.63) is 64.7 Å². The zero-order chi connectivity index (χ0) is 18.6. The molecule has 27 heavy (non-hydrogen) atoms. The van der Waals surface area contributed by atoms with E-state index in [4.69, 9.17) is 4.74 Å². The number of hydrogen-bond acceptors (Lipinski definition) is 4. The maximum absolute atomic E-state index is 12.5. The fourth-order valence-electron chi connectivity index (χ4n) is 3.98. The Hall–Kier alpha value is -2.60. The first-order chi connectivity index (χ1) is 13.3. The summed E-state index contributed by atoms with van der Waals surface area (Å²) in [6.07, 6.45) is 6.62. The predicted molar refractivity (Wildman–Crippen MR) is 105 cm³/mol. The zero-order valence-corrected chi connectivity index (χ0v) is 15.8. The summed E-state index contributed by atoms with van der Waals surface area (Å²) in [4.78, 5) is 15.0. The Balaban J connectivity index is 1.53. The molecule has 142 valence electrons. The van der Waals surface area contributed by atoms with Crippen molar-refractivity contribution in [1.29, 1.82) is 0 Å². The second-order valence-electron chi connectivity index (χ2n) is 7.11. The molecule has 6 nitrogen and oxygen atoms in total. The molecular formula is C21H26N4O2. The Kier molecular flexibility index (Phi) is 5.25. The molecule has 0 amide bonds. The predicted octanol–water partition coefficient (Wildman–Crippen LogP) is 3.12. The summed E-state index contributed by atoms with van der Waals surface area (Å²) in [6.45, 7) is 2.48. The lowest BCUT2D eigenvalue weighted by Gasteiger charge is -2.30. The van der Waals surface area contributed by atoms with E-state index in [9.17, 15) is 4.79 Å². The van der Waals surface area contributed by atoms with Gasteiger partial charge in [0.15, 0.2) is 5.65 Å². The summed E-state index contributed by atoms with van der Waals surface area (Å²) in [5.41, 5.74) is 1.95. The Morgan fingerprint density at radius 1 is 1.07 bits per heavy atom. The number of hydrogen-bond donors (Lipinski definition) is 0. The van der Waals surface area contributed by atoms with Crippen LogP contribution in [0.15, 0.2) is 53.5 Å². The zero-order valence-electron chi connectivity index (χ0n) is 15.8. The van der Waals surface area contributed by atoms with Crippen molar-refractivity contribution in [3.8, 4) is 5.75 Å². The number of rotatable bonds is 5. The van der Waals surface area contributed by atoms with Crippen molar-refractivity contribution in [3.63, 3.8) is 0 Å². The molecule has 2 aromatic heterocycles. The van der Waals surface area contributed by atoms with Gasteiger partial charge in [-0.25, -0.2) is 9.48 Å². The van der Waals surface area contributed by atoms with Gasteiger partial charge in [-0.05, 0) is 49.2 Å². The van der Waals surface area contributed by atoms with Crippen molar-refractivity contribution in [2.45, 2.75) is 38.3 Å². The van der Waals surface area contributed by atoms with Gasteiger partial charge < -0.3 is 4.74 Å². The average molecular weight is 366 g/mol. The molecule has 1 aliphatic rings. The standard InChI is InChI=1S/C21H26N4O2/c1-27-18-11-9-17(10-12-18)19-7-3-2-5-13-23(19)15-16-25-21(26)24-14-6-4-8-20(24)22-25/h4,6,8-12,14,19H,2-3,5,7,13,15-16H2,1H3. The summed E-state index contributed by atoms with van der Waals surface area (Å²) in [5, 5.41) is 4.46. The maximum Gasteiger partial charge on any atom is 0.350 e. The topological polar surface area (TPSA) is 51.8 Å². The Morgan fingerprint density at radius 3 is 2.70 bits per heavy atom. The molecule has 0 radical (unpaired) electrons. The van der Waals surface area contributed by atoms with Crippen LogP contribution in [-0.2, 0) is 6.54 Å². The van der Waals surface area contributed by atoms with Crippen molar-refractivity contribution >= 4 is 5.65 Å². The van der Waals surface area contributed by atoms with Crippen molar-refractivity contribution in [2.24, 2.45) is 0 Å². The molecule has 3 aromatic rings. The average Bonchev–Trinajstić information content (AvgIpc) is 2.88. The number of ether oxygens (including phenoxy) is 1. The first-order valence-corrected chi connectivity index (χ1v) is 9.68. The van der Waals surface area contributed by atoms with Gasteiger partial charge >= 0.3 is 5.69 Å². The van der Waals surface area contributed by atoms with Crippen LogP contribution in [0, 0.1) is 0 Å². The van der Waals surface area contributed by atoms with E-state index in [0.717, 1.165) is 25.3 Å². The Labute approximate surface area is 159 Å². The van der Waals surface area contributed by atoms with Gasteiger partial charge in [0.2, 0.25) is 0 Å². The van der Waals surface area contributed by atoms with E-state index in [1.807, 2.05) is 30.3 Å². The van der Waals surface area contributed by atoms with Gasteiger partial charge in [-0.2, -0.15) is 0 Å². The molecule has 1 unspecified atom stereocenters. The molecule has 0 saturated carbocycles. The molecule has 1 saturated heterocycles. The first kappa shape index (κ1) is 17.8. The summed E-state index contributed by atoms with van der Waals surface area (Å²) in [5.74, 6) is 0.884. The highest BCUT2D eigenvalue weighted by atomic mass is 16.5. The fourth-order valence-corrected chi connectivity index (χ4v) is 3.98. The van der Waals surface area contributed by atoms with Crippen LogP contribution in [0.1, 0.15) is 37.3 Å². The van der Waals surface area contributed by atoms with Crippen LogP contribution in [0.4, 0.5) is 0 Å². The summed E-state index contributed by atoms with van der Waals surface area (Å²) in [6, 6.07) is 14.4. The molecule has 1 atom stereocenters. The third-order valence-electron chi connectivity index (χ3n) is 5.45. The van der Waals surface area contributed by atoms with Gasteiger partial charge in [-0.1, -0.05) is 31.0 Å². The van der Waals surface area contributed by atoms with Crippen molar-refractivity contribution < 1.29 is 4.74 Å². The third kappa shape index (κ3) is 3.76. The van der Waals surface area contributed by atoms with E-state index in [1.54, 1.807) is 22.4 Å². The van der Waals surface area contributed by atoms with Crippen LogP contribution in [0.25, 0.3) is 5.65 Å². The summed E-state index contributed by atoms with van der Waals surface area (Å²) >= 11 is 0. The lowest BCUT2D eigenvalue weighted by atomic mass is 10.0. The molecule has 3 heterocycles. The summed E-state index contributed by atoms with van der Waals surface area (Å²) < 4.78 is 8.48. The third-order valence-corrected chi connectivity index (χ3v) is 5.45. The van der Waals surface area contributed by atoms with Gasteiger partial charge in [0.05, 0.1) is 13.7 Å². The number of aromatic nitrogens is 3. The van der Waals surface area contributed by atoms with E-state index in [2.05, 4.69) is 22.1 Å². The van der Waals surface area contributed by atoms with Gasteiger partial charge in [0.1, 0.15) is 5.75 Å². The first-order valence-electron chi connectivity index (χ1n) is 9.68. The van der Waals surface area contributed by atoms with E-state index in [0.29, 0.717) is 18.2 Å². The fraction of sp³-hybridized carbons (Fsp3) is 0.429. The van der Waals surface area contributed by atoms with Crippen LogP contribution >= 0.6 is 0 Å². The number of methoxy groups -OCH3 is 1. The normalized spacial score (nSPS) is 18.5.